The van der Waals surface area contributed by atoms with Gasteiger partial charge in [0, 0.05) is 0 Å². The van der Waals surface area contributed by atoms with Gasteiger partial charge >= 0.3 is 0 Å². The van der Waals surface area contributed by atoms with E-state index < -0.39 is 0 Å². The molecule has 0 rings (SSSR count). The maximum absolute atomic E-state index is 5.56. The summed E-state index contributed by atoms with van der Waals surface area (Å²) in [5.41, 5.74) is 5.56. The van der Waals surface area contributed by atoms with Gasteiger partial charge in [0.2, 0.25) is 0 Å². The predicted molar refractivity (Wildman–Crippen MR) is 45.5 cm³/mol. The number of rotatable bonds is 4. The van der Waals surface area contributed by atoms with E-state index >= 15 is 0 Å². The average molecular weight is 145 g/mol. The fourth-order valence-corrected chi connectivity index (χ4v) is 0.699. The highest BCUT2D eigenvalue weighted by atomic mass is 15.3. The topological polar surface area (TPSA) is 26.0 Å². The predicted octanol–water partition coefficient (Wildman–Crippen LogP) is 1.03. The van der Waals surface area contributed by atoms with Gasteiger partial charge in [0.25, 0.3) is 0 Å². The zero-order valence-electron chi connectivity index (χ0n) is 7.72. The first-order chi connectivity index (χ1) is 4.48. The Balaban J connectivity index is 3.46. The molecular weight excluding hydrogens is 124 g/mol. The summed E-state index contributed by atoms with van der Waals surface area (Å²) in [4.78, 5) is 0. The van der Waals surface area contributed by atoms with E-state index in [2.05, 4.69) is 27.9 Å². The normalized spacial score (nSPS) is 12.6. The SMILES string of the molecule is CC(C)CC[N+](C)(C)CN. The molecule has 0 aromatic heterocycles. The largest absolute Gasteiger partial charge is 0.316 e. The maximum Gasteiger partial charge on any atom is 0.129 e. The molecule has 2 N–H and O–H groups in total. The molecule has 0 bridgehead atoms. The van der Waals surface area contributed by atoms with E-state index in [9.17, 15) is 0 Å². The molecule has 0 aromatic rings. The van der Waals surface area contributed by atoms with E-state index in [0.717, 1.165) is 17.1 Å². The van der Waals surface area contributed by atoms with Crippen LogP contribution >= 0.6 is 0 Å². The van der Waals surface area contributed by atoms with Crippen LogP contribution < -0.4 is 5.73 Å². The van der Waals surface area contributed by atoms with Gasteiger partial charge in [-0.25, -0.2) is 0 Å². The molecule has 0 amide bonds. The molecule has 0 aromatic carbocycles. The first kappa shape index (κ1) is 9.92. The molecular formula is C8H21N2+. The average Bonchev–Trinajstić information content (AvgIpc) is 1.85. The molecule has 0 radical (unpaired) electrons. The highest BCUT2D eigenvalue weighted by molar-refractivity contribution is 4.42. The quantitative estimate of drug-likeness (QED) is 0.464. The van der Waals surface area contributed by atoms with Gasteiger partial charge in [0.05, 0.1) is 20.6 Å². The lowest BCUT2D eigenvalue weighted by atomic mass is 10.1. The standard InChI is InChI=1S/C8H21N2/c1-8(2)5-6-10(3,4)7-9/h8H,5-7,9H2,1-4H3/q+1. The summed E-state index contributed by atoms with van der Waals surface area (Å²) in [6.07, 6.45) is 1.27. The van der Waals surface area contributed by atoms with Crippen molar-refractivity contribution in [1.29, 1.82) is 0 Å². The van der Waals surface area contributed by atoms with Crippen LogP contribution in [0.2, 0.25) is 0 Å². The third-order valence-corrected chi connectivity index (χ3v) is 1.81. The van der Waals surface area contributed by atoms with Crippen LogP contribution in [0, 0.1) is 5.92 Å². The van der Waals surface area contributed by atoms with Crippen molar-refractivity contribution < 1.29 is 4.48 Å². The molecule has 0 unspecified atom stereocenters. The van der Waals surface area contributed by atoms with Crippen LogP contribution in [0.4, 0.5) is 0 Å². The van der Waals surface area contributed by atoms with Crippen molar-refractivity contribution in [2.45, 2.75) is 20.3 Å². The Morgan fingerprint density at radius 2 is 1.80 bits per heavy atom. The molecule has 0 saturated heterocycles. The molecule has 2 heteroatoms. The van der Waals surface area contributed by atoms with Crippen LogP contribution in [-0.4, -0.2) is 31.8 Å². The van der Waals surface area contributed by atoms with Crippen LogP contribution in [0.15, 0.2) is 0 Å². The van der Waals surface area contributed by atoms with Crippen molar-refractivity contribution in [3.05, 3.63) is 0 Å². The van der Waals surface area contributed by atoms with Crippen molar-refractivity contribution in [3.63, 3.8) is 0 Å². The summed E-state index contributed by atoms with van der Waals surface area (Å²) in [5, 5.41) is 0. The molecule has 0 atom stereocenters. The van der Waals surface area contributed by atoms with Crippen molar-refractivity contribution in [2.75, 3.05) is 27.3 Å². The molecule has 0 fully saturated rings. The fraction of sp³-hybridized carbons (Fsp3) is 1.00. The highest BCUT2D eigenvalue weighted by Crippen LogP contribution is 2.03. The maximum atomic E-state index is 5.56. The minimum atomic E-state index is 0.743. The second kappa shape index (κ2) is 3.94. The number of nitrogens with two attached hydrogens (primary N) is 1. The smallest absolute Gasteiger partial charge is 0.129 e. The molecule has 10 heavy (non-hydrogen) atoms. The Morgan fingerprint density at radius 1 is 1.30 bits per heavy atom. The Morgan fingerprint density at radius 3 is 2.10 bits per heavy atom. The van der Waals surface area contributed by atoms with Crippen molar-refractivity contribution in [2.24, 2.45) is 11.7 Å². The zero-order chi connectivity index (χ0) is 8.20. The summed E-state index contributed by atoms with van der Waals surface area (Å²) in [7, 11) is 4.34. The minimum Gasteiger partial charge on any atom is -0.316 e. The molecule has 0 aliphatic rings. The Labute approximate surface area is 64.6 Å². The lowest BCUT2D eigenvalue weighted by Crippen LogP contribution is -2.45. The highest BCUT2D eigenvalue weighted by Gasteiger charge is 2.11. The van der Waals surface area contributed by atoms with E-state index in [1.807, 2.05) is 0 Å². The van der Waals surface area contributed by atoms with Gasteiger partial charge in [-0.3, -0.25) is 5.73 Å². The molecule has 0 aliphatic carbocycles. The van der Waals surface area contributed by atoms with E-state index in [1.54, 1.807) is 0 Å². The Bertz CT molecular complexity index is 87.3. The summed E-state index contributed by atoms with van der Waals surface area (Å²) in [6.45, 7) is 6.42. The monoisotopic (exact) mass is 145 g/mol. The molecule has 0 spiro atoms. The molecule has 2 nitrogen and oxygen atoms in total. The van der Waals surface area contributed by atoms with Gasteiger partial charge in [0.1, 0.15) is 6.67 Å². The van der Waals surface area contributed by atoms with Crippen molar-refractivity contribution >= 4 is 0 Å². The zero-order valence-corrected chi connectivity index (χ0v) is 7.72. The lowest BCUT2D eigenvalue weighted by Gasteiger charge is -2.28. The summed E-state index contributed by atoms with van der Waals surface area (Å²) >= 11 is 0. The van der Waals surface area contributed by atoms with Gasteiger partial charge < -0.3 is 4.48 Å². The number of hydrogen-bond donors (Lipinski definition) is 1. The molecule has 0 aliphatic heterocycles. The second-order valence-corrected chi connectivity index (χ2v) is 4.02. The number of hydrogen-bond acceptors (Lipinski definition) is 1. The lowest BCUT2D eigenvalue weighted by molar-refractivity contribution is -0.890. The van der Waals surface area contributed by atoms with E-state index in [-0.39, 0.29) is 0 Å². The molecule has 62 valence electrons. The third-order valence-electron chi connectivity index (χ3n) is 1.81. The first-order valence-corrected chi connectivity index (χ1v) is 4.00. The number of quaternary nitrogens is 1. The van der Waals surface area contributed by atoms with Crippen LogP contribution in [0.5, 0.6) is 0 Å². The van der Waals surface area contributed by atoms with Crippen LogP contribution in [0.3, 0.4) is 0 Å². The van der Waals surface area contributed by atoms with Gasteiger partial charge in [-0.05, 0) is 12.3 Å². The minimum absolute atomic E-state index is 0.743. The van der Waals surface area contributed by atoms with Crippen molar-refractivity contribution in [1.82, 2.24) is 0 Å². The molecule has 0 saturated carbocycles. The van der Waals surface area contributed by atoms with Gasteiger partial charge in [-0.1, -0.05) is 13.8 Å². The van der Waals surface area contributed by atoms with Crippen LogP contribution in [0.1, 0.15) is 20.3 Å². The summed E-state index contributed by atoms with van der Waals surface area (Å²) < 4.78 is 0.943. The number of nitrogens with zero attached hydrogens (tertiary/aromatic N) is 1. The van der Waals surface area contributed by atoms with Gasteiger partial charge in [0.15, 0.2) is 0 Å². The van der Waals surface area contributed by atoms with Crippen LogP contribution in [0.25, 0.3) is 0 Å². The Hall–Kier alpha value is -0.0800. The second-order valence-electron chi connectivity index (χ2n) is 4.02. The Kier molecular flexibility index (Phi) is 3.91. The summed E-state index contributed by atoms with van der Waals surface area (Å²) in [5.74, 6) is 0.795. The van der Waals surface area contributed by atoms with E-state index in [4.69, 9.17) is 5.73 Å². The van der Waals surface area contributed by atoms with E-state index in [0.29, 0.717) is 0 Å². The van der Waals surface area contributed by atoms with Crippen molar-refractivity contribution in [3.8, 4) is 0 Å². The third kappa shape index (κ3) is 4.77. The first-order valence-electron chi connectivity index (χ1n) is 4.00. The van der Waals surface area contributed by atoms with Gasteiger partial charge in [-0.2, -0.15) is 0 Å². The van der Waals surface area contributed by atoms with Crippen LogP contribution in [-0.2, 0) is 0 Å². The van der Waals surface area contributed by atoms with E-state index in [1.165, 1.54) is 13.0 Å². The fourth-order valence-electron chi connectivity index (χ4n) is 0.699. The summed E-state index contributed by atoms with van der Waals surface area (Å²) in [6, 6.07) is 0. The molecule has 0 heterocycles. The van der Waals surface area contributed by atoms with Gasteiger partial charge in [-0.15, -0.1) is 0 Å².